The summed E-state index contributed by atoms with van der Waals surface area (Å²) in [5, 5.41) is 2.78. The third-order valence-electron chi connectivity index (χ3n) is 2.62. The van der Waals surface area contributed by atoms with E-state index in [2.05, 4.69) is 9.71 Å². The van der Waals surface area contributed by atoms with E-state index in [-0.39, 0.29) is 12.4 Å². The van der Waals surface area contributed by atoms with Gasteiger partial charge in [0.15, 0.2) is 0 Å². The molecule has 6 nitrogen and oxygen atoms in total. The van der Waals surface area contributed by atoms with Crippen molar-refractivity contribution in [2.75, 3.05) is 24.6 Å². The molecule has 0 unspecified atom stereocenters. The number of nitrogens with zero attached hydrogens (tertiary/aromatic N) is 1. The van der Waals surface area contributed by atoms with Gasteiger partial charge in [0.05, 0.1) is 10.8 Å². The van der Waals surface area contributed by atoms with Crippen molar-refractivity contribution in [2.24, 2.45) is 0 Å². The number of sulfonamides is 1. The van der Waals surface area contributed by atoms with Gasteiger partial charge in [-0.2, -0.15) is 0 Å². The molecule has 8 heteroatoms. The molecule has 0 saturated carbocycles. The van der Waals surface area contributed by atoms with Crippen molar-refractivity contribution in [3.63, 3.8) is 0 Å². The summed E-state index contributed by atoms with van der Waals surface area (Å²) in [5.74, 6) is 0.465. The number of benzene rings is 1. The fourth-order valence-corrected chi connectivity index (χ4v) is 3.12. The number of thiazole rings is 1. The van der Waals surface area contributed by atoms with Crippen LogP contribution in [0.25, 0.3) is 0 Å². The highest BCUT2D eigenvalue weighted by Gasteiger charge is 2.10. The molecule has 1 aromatic heterocycles. The second-order valence-electron chi connectivity index (χ2n) is 4.31. The van der Waals surface area contributed by atoms with Crippen molar-refractivity contribution in [1.82, 2.24) is 9.71 Å². The average Bonchev–Trinajstić information content (AvgIpc) is 2.91. The minimum Gasteiger partial charge on any atom is -0.492 e. The predicted molar refractivity (Wildman–Crippen MR) is 84.0 cm³/mol. The van der Waals surface area contributed by atoms with Gasteiger partial charge in [0, 0.05) is 36.3 Å². The van der Waals surface area contributed by atoms with Crippen LogP contribution in [0.4, 0.5) is 5.69 Å². The zero-order chi connectivity index (χ0) is 15.1. The summed E-state index contributed by atoms with van der Waals surface area (Å²) >= 11 is 1.51. The zero-order valence-electron chi connectivity index (χ0n) is 11.4. The Morgan fingerprint density at radius 2 is 2.24 bits per heavy atom. The van der Waals surface area contributed by atoms with Gasteiger partial charge in [-0.1, -0.05) is 6.07 Å². The number of anilines is 1. The summed E-state index contributed by atoms with van der Waals surface area (Å²) in [6, 6.07) is 6.89. The molecule has 0 fully saturated rings. The maximum atomic E-state index is 11.8. The molecular formula is C13H17N3O3S2. The molecule has 0 spiro atoms. The number of hydrogen-bond acceptors (Lipinski definition) is 6. The first-order chi connectivity index (χ1) is 10.1. The number of aromatic nitrogens is 1. The second kappa shape index (κ2) is 7.39. The minimum atomic E-state index is -3.34. The number of hydrogen-bond donors (Lipinski definition) is 2. The topological polar surface area (TPSA) is 94.3 Å². The third-order valence-corrected chi connectivity index (χ3v) is 4.81. The number of ether oxygens (including phenoxy) is 1. The van der Waals surface area contributed by atoms with Crippen LogP contribution < -0.4 is 15.2 Å². The Labute approximate surface area is 128 Å². The van der Waals surface area contributed by atoms with E-state index in [1.165, 1.54) is 11.3 Å². The highest BCUT2D eigenvalue weighted by Crippen LogP contribution is 2.14. The SMILES string of the molecule is Nc1cccc(OCCS(=O)(=O)NCCc2nccs2)c1. The molecule has 2 aromatic rings. The minimum absolute atomic E-state index is 0.0794. The molecule has 0 aliphatic heterocycles. The van der Waals surface area contributed by atoms with E-state index in [9.17, 15) is 8.42 Å². The Bertz CT molecular complexity index is 657. The molecule has 0 aliphatic carbocycles. The molecule has 21 heavy (non-hydrogen) atoms. The first-order valence-corrected chi connectivity index (χ1v) is 8.92. The largest absolute Gasteiger partial charge is 0.492 e. The van der Waals surface area contributed by atoms with Crippen molar-refractivity contribution in [3.8, 4) is 5.75 Å². The molecular weight excluding hydrogens is 310 g/mol. The molecule has 0 bridgehead atoms. The van der Waals surface area contributed by atoms with Crippen molar-refractivity contribution in [3.05, 3.63) is 40.8 Å². The highest BCUT2D eigenvalue weighted by atomic mass is 32.2. The predicted octanol–water partition coefficient (Wildman–Crippen LogP) is 1.27. The lowest BCUT2D eigenvalue weighted by molar-refractivity contribution is 0.340. The lowest BCUT2D eigenvalue weighted by atomic mass is 10.3. The van der Waals surface area contributed by atoms with Crippen molar-refractivity contribution < 1.29 is 13.2 Å². The van der Waals surface area contributed by atoms with Gasteiger partial charge < -0.3 is 10.5 Å². The van der Waals surface area contributed by atoms with Crippen molar-refractivity contribution in [2.45, 2.75) is 6.42 Å². The first-order valence-electron chi connectivity index (χ1n) is 6.39. The van der Waals surface area contributed by atoms with Crippen LogP contribution in [0, 0.1) is 0 Å². The van der Waals surface area contributed by atoms with Gasteiger partial charge in [-0.05, 0) is 12.1 Å². The quantitative estimate of drug-likeness (QED) is 0.712. The van der Waals surface area contributed by atoms with Gasteiger partial charge in [0.1, 0.15) is 12.4 Å². The molecule has 3 N–H and O–H groups in total. The van der Waals surface area contributed by atoms with Crippen LogP contribution in [-0.2, 0) is 16.4 Å². The van der Waals surface area contributed by atoms with E-state index in [0.717, 1.165) is 5.01 Å². The molecule has 0 radical (unpaired) electrons. The van der Waals surface area contributed by atoms with Crippen LogP contribution in [0.1, 0.15) is 5.01 Å². The summed E-state index contributed by atoms with van der Waals surface area (Å²) in [7, 11) is -3.34. The van der Waals surface area contributed by atoms with E-state index in [1.54, 1.807) is 30.5 Å². The molecule has 0 amide bonds. The summed E-state index contributed by atoms with van der Waals surface area (Å²) in [5.41, 5.74) is 6.19. The van der Waals surface area contributed by atoms with Crippen molar-refractivity contribution >= 4 is 27.0 Å². The molecule has 0 saturated heterocycles. The summed E-state index contributed by atoms with van der Waals surface area (Å²) < 4.78 is 31.5. The monoisotopic (exact) mass is 327 g/mol. The van der Waals surface area contributed by atoms with Crippen LogP contribution in [0.2, 0.25) is 0 Å². The maximum Gasteiger partial charge on any atom is 0.214 e. The van der Waals surface area contributed by atoms with Gasteiger partial charge in [0.2, 0.25) is 10.0 Å². The van der Waals surface area contributed by atoms with Crippen LogP contribution in [0.3, 0.4) is 0 Å². The van der Waals surface area contributed by atoms with Gasteiger partial charge in [-0.25, -0.2) is 18.1 Å². The lowest BCUT2D eigenvalue weighted by Gasteiger charge is -2.08. The molecule has 0 aliphatic rings. The molecule has 1 heterocycles. The fourth-order valence-electron chi connectivity index (χ4n) is 1.64. The second-order valence-corrected chi connectivity index (χ2v) is 7.22. The highest BCUT2D eigenvalue weighted by molar-refractivity contribution is 7.89. The molecule has 2 rings (SSSR count). The Hall–Kier alpha value is -1.64. The first kappa shape index (κ1) is 15.7. The average molecular weight is 327 g/mol. The van der Waals surface area contributed by atoms with Crippen LogP contribution in [0.5, 0.6) is 5.75 Å². The normalized spacial score (nSPS) is 11.4. The van der Waals surface area contributed by atoms with Crippen LogP contribution in [0.15, 0.2) is 35.8 Å². The molecule has 1 aromatic carbocycles. The molecule has 114 valence electrons. The number of nitrogens with two attached hydrogens (primary N) is 1. The third kappa shape index (κ3) is 5.70. The van der Waals surface area contributed by atoms with E-state index in [1.807, 2.05) is 5.38 Å². The Morgan fingerprint density at radius 1 is 1.38 bits per heavy atom. The Balaban J connectivity index is 1.71. The van der Waals surface area contributed by atoms with E-state index in [0.29, 0.717) is 24.4 Å². The van der Waals surface area contributed by atoms with Crippen molar-refractivity contribution in [1.29, 1.82) is 0 Å². The molecule has 0 atom stereocenters. The number of nitrogens with one attached hydrogen (secondary N) is 1. The zero-order valence-corrected chi connectivity index (χ0v) is 13.0. The lowest BCUT2D eigenvalue weighted by Crippen LogP contribution is -2.30. The fraction of sp³-hybridized carbons (Fsp3) is 0.308. The number of nitrogen functional groups attached to an aromatic ring is 1. The summed E-state index contributed by atoms with van der Waals surface area (Å²) in [4.78, 5) is 4.09. The Kier molecular flexibility index (Phi) is 5.54. The van der Waals surface area contributed by atoms with E-state index >= 15 is 0 Å². The van der Waals surface area contributed by atoms with Crippen LogP contribution >= 0.6 is 11.3 Å². The van der Waals surface area contributed by atoms with Gasteiger partial charge in [-0.15, -0.1) is 11.3 Å². The van der Waals surface area contributed by atoms with Gasteiger partial charge in [0.25, 0.3) is 0 Å². The maximum absolute atomic E-state index is 11.8. The van der Waals surface area contributed by atoms with E-state index in [4.69, 9.17) is 10.5 Å². The summed E-state index contributed by atoms with van der Waals surface area (Å²) in [6.45, 7) is 0.421. The standard InChI is InChI=1S/C13H17N3O3S2/c14-11-2-1-3-12(10-11)19-7-9-21(17,18)16-5-4-13-15-6-8-20-13/h1-3,6,8,10,16H,4-5,7,9,14H2. The smallest absolute Gasteiger partial charge is 0.214 e. The Morgan fingerprint density at radius 3 is 2.95 bits per heavy atom. The van der Waals surface area contributed by atoms with Gasteiger partial charge in [-0.3, -0.25) is 0 Å². The summed E-state index contributed by atoms with van der Waals surface area (Å²) in [6.07, 6.45) is 2.29. The van der Waals surface area contributed by atoms with Gasteiger partial charge >= 0.3 is 0 Å². The van der Waals surface area contributed by atoms with E-state index < -0.39 is 10.0 Å². The van der Waals surface area contributed by atoms with Crippen LogP contribution in [-0.4, -0.2) is 32.3 Å². The number of rotatable bonds is 8.